The molecule has 0 aliphatic heterocycles. The van der Waals surface area contributed by atoms with E-state index in [1.165, 1.54) is 16.6 Å². The molecule has 0 radical (unpaired) electrons. The van der Waals surface area contributed by atoms with Crippen LogP contribution in [0.2, 0.25) is 0 Å². The summed E-state index contributed by atoms with van der Waals surface area (Å²) >= 11 is 0. The fourth-order valence-corrected chi connectivity index (χ4v) is 4.03. The molecular weight excluding hydrogens is 550 g/mol. The van der Waals surface area contributed by atoms with E-state index >= 15 is 0 Å². The highest BCUT2D eigenvalue weighted by Crippen LogP contribution is 2.47. The predicted octanol–water partition coefficient (Wildman–Crippen LogP) is 4.91. The summed E-state index contributed by atoms with van der Waals surface area (Å²) in [5.74, 6) is -0.354. The third-order valence-electron chi connectivity index (χ3n) is 5.77. The van der Waals surface area contributed by atoms with Crippen molar-refractivity contribution in [1.29, 1.82) is 0 Å². The van der Waals surface area contributed by atoms with E-state index in [4.69, 9.17) is 18.9 Å². The van der Waals surface area contributed by atoms with Crippen LogP contribution in [0.3, 0.4) is 0 Å². The van der Waals surface area contributed by atoms with Crippen molar-refractivity contribution < 1.29 is 37.0 Å². The van der Waals surface area contributed by atoms with Crippen LogP contribution in [0, 0.1) is 0 Å². The van der Waals surface area contributed by atoms with Gasteiger partial charge in [-0.1, -0.05) is 65.0 Å². The predicted molar refractivity (Wildman–Crippen MR) is 149 cm³/mol. The number of benzene rings is 3. The first-order valence-electron chi connectivity index (χ1n) is 12.3. The molecule has 4 aromatic rings. The monoisotopic (exact) mass is 577 g/mol. The van der Waals surface area contributed by atoms with Crippen LogP contribution < -0.4 is 18.9 Å². The molecule has 3 aromatic carbocycles. The Balaban J connectivity index is 1.97. The first-order valence-corrected chi connectivity index (χ1v) is 13.3. The number of rotatable bonds is 10. The van der Waals surface area contributed by atoms with Crippen molar-refractivity contribution in [2.45, 2.75) is 13.2 Å². The maximum Gasteiger partial charge on any atom is 0.455 e. The molecule has 0 N–H and O–H groups in total. The SMILES string of the molecule is COc1ccc(-n2c(OC(=O)N=S(=O)=O)c(OCc3ccccc3)c(OCc3ccccc3)c2C(=O)N(C)C)cc1. The minimum atomic E-state index is -3.08. The lowest BCUT2D eigenvalue weighted by molar-refractivity contribution is 0.0813. The lowest BCUT2D eigenvalue weighted by Crippen LogP contribution is -2.25. The van der Waals surface area contributed by atoms with Gasteiger partial charge in [0.15, 0.2) is 11.4 Å². The van der Waals surface area contributed by atoms with Crippen molar-refractivity contribution in [3.05, 3.63) is 102 Å². The largest absolute Gasteiger partial charge is 0.497 e. The summed E-state index contributed by atoms with van der Waals surface area (Å²) in [5, 5.41) is 0. The molecule has 1 heterocycles. The van der Waals surface area contributed by atoms with Gasteiger partial charge in [-0.25, -0.2) is 4.79 Å². The molecule has 0 fully saturated rings. The fraction of sp³-hybridized carbons (Fsp3) is 0.172. The molecule has 0 aliphatic carbocycles. The van der Waals surface area contributed by atoms with Gasteiger partial charge < -0.3 is 23.8 Å². The molecular formula is C29H27N3O8S. The molecule has 2 amide bonds. The van der Waals surface area contributed by atoms with Crippen molar-refractivity contribution in [3.8, 4) is 28.8 Å². The smallest absolute Gasteiger partial charge is 0.455 e. The number of carbonyl (C=O) groups is 2. The molecule has 0 saturated carbocycles. The van der Waals surface area contributed by atoms with Crippen LogP contribution in [0.25, 0.3) is 5.69 Å². The molecule has 0 bridgehead atoms. The number of aromatic nitrogens is 1. The second-order valence-corrected chi connectivity index (χ2v) is 9.39. The van der Waals surface area contributed by atoms with Crippen LogP contribution in [0.5, 0.6) is 23.1 Å². The van der Waals surface area contributed by atoms with Gasteiger partial charge in [-0.15, -0.1) is 0 Å². The van der Waals surface area contributed by atoms with Crippen LogP contribution in [0.1, 0.15) is 21.6 Å². The second kappa shape index (κ2) is 13.3. The molecule has 0 spiro atoms. The zero-order valence-electron chi connectivity index (χ0n) is 22.5. The standard InChI is InChI=1S/C29H27N3O8S/c1-31(2)27(33)24-25(38-18-20-10-6-4-7-11-20)26(39-19-21-12-8-5-9-13-21)28(40-29(34)30-41(35)36)32(24)22-14-16-23(37-3)17-15-22/h4-17H,18-19H2,1-3H3. The molecule has 41 heavy (non-hydrogen) atoms. The van der Waals surface area contributed by atoms with Gasteiger partial charge in [-0.3, -0.25) is 9.36 Å². The van der Waals surface area contributed by atoms with Crippen molar-refractivity contribution in [3.63, 3.8) is 0 Å². The zero-order valence-corrected chi connectivity index (χ0v) is 23.3. The van der Waals surface area contributed by atoms with Crippen LogP contribution in [-0.4, -0.2) is 51.1 Å². The third kappa shape index (κ3) is 7.11. The van der Waals surface area contributed by atoms with Crippen LogP contribution in [0.4, 0.5) is 4.79 Å². The number of amides is 2. The van der Waals surface area contributed by atoms with E-state index in [0.717, 1.165) is 11.1 Å². The van der Waals surface area contributed by atoms with Crippen molar-refractivity contribution in [2.24, 2.45) is 4.36 Å². The summed E-state index contributed by atoms with van der Waals surface area (Å²) in [4.78, 5) is 27.5. The Morgan fingerprint density at radius 3 is 1.83 bits per heavy atom. The molecule has 11 nitrogen and oxygen atoms in total. The van der Waals surface area contributed by atoms with E-state index < -0.39 is 22.5 Å². The number of hydrogen-bond donors (Lipinski definition) is 0. The maximum absolute atomic E-state index is 13.7. The summed E-state index contributed by atoms with van der Waals surface area (Å²) < 4.78 is 49.6. The highest BCUT2D eigenvalue weighted by molar-refractivity contribution is 7.62. The molecule has 12 heteroatoms. The first-order chi connectivity index (χ1) is 19.8. The van der Waals surface area contributed by atoms with E-state index in [2.05, 4.69) is 4.36 Å². The average Bonchev–Trinajstić information content (AvgIpc) is 3.27. The lowest BCUT2D eigenvalue weighted by Gasteiger charge is -2.16. The van der Waals surface area contributed by atoms with Gasteiger partial charge in [0, 0.05) is 19.8 Å². The summed E-state index contributed by atoms with van der Waals surface area (Å²) in [7, 11) is 1.54. The minimum Gasteiger partial charge on any atom is -0.497 e. The van der Waals surface area contributed by atoms with Gasteiger partial charge in [0.05, 0.1) is 7.11 Å². The van der Waals surface area contributed by atoms with Crippen molar-refractivity contribution >= 4 is 22.5 Å². The molecule has 212 valence electrons. The molecule has 0 aliphatic rings. The highest BCUT2D eigenvalue weighted by atomic mass is 32.2. The van der Waals surface area contributed by atoms with E-state index in [9.17, 15) is 18.0 Å². The van der Waals surface area contributed by atoms with Gasteiger partial charge >= 0.3 is 16.6 Å². The third-order valence-corrected chi connectivity index (χ3v) is 6.06. The first kappa shape index (κ1) is 28.9. The summed E-state index contributed by atoms with van der Waals surface area (Å²) in [6.45, 7) is 0.0607. The van der Waals surface area contributed by atoms with Crippen LogP contribution in [0.15, 0.2) is 89.3 Å². The minimum absolute atomic E-state index is 0.00894. The topological polar surface area (TPSA) is 126 Å². The fourth-order valence-electron chi connectivity index (χ4n) is 3.87. The number of ether oxygens (including phenoxy) is 4. The Morgan fingerprint density at radius 1 is 0.805 bits per heavy atom. The lowest BCUT2D eigenvalue weighted by atomic mass is 10.2. The molecule has 0 atom stereocenters. The van der Waals surface area contributed by atoms with Gasteiger partial charge in [-0.2, -0.15) is 8.42 Å². The summed E-state index contributed by atoms with van der Waals surface area (Å²) in [6, 6.07) is 25.0. The van der Waals surface area contributed by atoms with Crippen molar-refractivity contribution in [1.82, 2.24) is 9.47 Å². The van der Waals surface area contributed by atoms with E-state index in [1.54, 1.807) is 38.4 Å². The second-order valence-electron chi connectivity index (χ2n) is 8.77. The Hall–Kier alpha value is -5.10. The quantitative estimate of drug-likeness (QED) is 0.260. The van der Waals surface area contributed by atoms with Crippen LogP contribution >= 0.6 is 0 Å². The highest BCUT2D eigenvalue weighted by Gasteiger charge is 2.34. The Bertz CT molecular complexity index is 1640. The number of hydrogen-bond acceptors (Lipinski definition) is 8. The van der Waals surface area contributed by atoms with Gasteiger partial charge in [0.1, 0.15) is 19.0 Å². The van der Waals surface area contributed by atoms with E-state index in [0.29, 0.717) is 11.4 Å². The zero-order chi connectivity index (χ0) is 29.4. The molecule has 4 rings (SSSR count). The Labute approximate surface area is 238 Å². The van der Waals surface area contributed by atoms with Gasteiger partial charge in [0.2, 0.25) is 5.75 Å². The number of carbonyl (C=O) groups excluding carboxylic acids is 2. The van der Waals surface area contributed by atoms with Crippen molar-refractivity contribution in [2.75, 3.05) is 21.2 Å². The molecule has 0 saturated heterocycles. The summed E-state index contributed by atoms with van der Waals surface area (Å²) in [6.07, 6.45) is -1.44. The normalized spacial score (nSPS) is 10.4. The molecule has 0 unspecified atom stereocenters. The van der Waals surface area contributed by atoms with E-state index in [-0.39, 0.29) is 36.3 Å². The average molecular weight is 578 g/mol. The Kier molecular flexibility index (Phi) is 9.38. The maximum atomic E-state index is 13.7. The van der Waals surface area contributed by atoms with Crippen LogP contribution in [-0.2, 0) is 23.7 Å². The molecule has 1 aromatic heterocycles. The number of methoxy groups -OCH3 is 1. The van der Waals surface area contributed by atoms with E-state index in [1.807, 2.05) is 60.7 Å². The summed E-state index contributed by atoms with van der Waals surface area (Å²) in [5.41, 5.74) is 1.94. The van der Waals surface area contributed by atoms with Gasteiger partial charge in [-0.05, 0) is 35.4 Å². The van der Waals surface area contributed by atoms with Gasteiger partial charge in [0.25, 0.3) is 11.8 Å². The Morgan fingerprint density at radius 2 is 1.34 bits per heavy atom. The number of nitrogens with zero attached hydrogens (tertiary/aromatic N) is 3.